The number of aryl methyl sites for hydroxylation is 2. The average Bonchev–Trinajstić information content (AvgIpc) is 3.01. The fourth-order valence-corrected chi connectivity index (χ4v) is 3.84. The molecule has 1 heterocycles. The lowest BCUT2D eigenvalue weighted by Crippen LogP contribution is -2.28. The van der Waals surface area contributed by atoms with Crippen molar-refractivity contribution in [3.8, 4) is 0 Å². The van der Waals surface area contributed by atoms with Gasteiger partial charge in [-0.25, -0.2) is 4.79 Å². The van der Waals surface area contributed by atoms with Gasteiger partial charge in [-0.2, -0.15) is 8.42 Å². The van der Waals surface area contributed by atoms with Crippen molar-refractivity contribution in [2.24, 2.45) is 0 Å². The van der Waals surface area contributed by atoms with Crippen LogP contribution in [0.3, 0.4) is 0 Å². The van der Waals surface area contributed by atoms with Crippen molar-refractivity contribution in [2.45, 2.75) is 30.8 Å². The van der Waals surface area contributed by atoms with E-state index in [-0.39, 0.29) is 11.5 Å². The van der Waals surface area contributed by atoms with Crippen molar-refractivity contribution in [1.82, 2.24) is 4.90 Å². The number of hydrogen-bond donors (Lipinski definition) is 0. The van der Waals surface area contributed by atoms with E-state index in [2.05, 4.69) is 12.1 Å². The predicted octanol–water partition coefficient (Wildman–Crippen LogP) is 3.15. The van der Waals surface area contributed by atoms with E-state index in [1.165, 1.54) is 17.7 Å². The van der Waals surface area contributed by atoms with Crippen molar-refractivity contribution < 1.29 is 22.1 Å². The monoisotopic (exact) mass is 389 g/mol. The van der Waals surface area contributed by atoms with E-state index < -0.39 is 22.3 Å². The Balaban J connectivity index is 1.46. The van der Waals surface area contributed by atoms with Crippen LogP contribution in [0.25, 0.3) is 0 Å². The number of amides is 1. The highest BCUT2D eigenvalue weighted by atomic mass is 32.2. The van der Waals surface area contributed by atoms with Gasteiger partial charge in [-0.05, 0) is 37.5 Å². The van der Waals surface area contributed by atoms with E-state index in [9.17, 15) is 13.2 Å². The molecule has 0 aliphatic carbocycles. The van der Waals surface area contributed by atoms with E-state index in [0.717, 1.165) is 18.4 Å². The molecule has 1 saturated heterocycles. The van der Waals surface area contributed by atoms with Gasteiger partial charge in [-0.15, -0.1) is 0 Å². The number of ether oxygens (including phenoxy) is 1. The first-order valence-corrected chi connectivity index (χ1v) is 10.3. The Kier molecular flexibility index (Phi) is 6.13. The second-order valence-electron chi connectivity index (χ2n) is 6.59. The maximum atomic E-state index is 12.2. The van der Waals surface area contributed by atoms with Gasteiger partial charge < -0.3 is 9.64 Å². The molecule has 144 valence electrons. The third-order valence-electron chi connectivity index (χ3n) is 4.40. The number of cyclic esters (lactones) is 1. The van der Waals surface area contributed by atoms with Gasteiger partial charge in [0.05, 0.1) is 11.4 Å². The molecule has 7 heteroatoms. The zero-order chi connectivity index (χ0) is 19.3. The molecule has 0 saturated carbocycles. The van der Waals surface area contributed by atoms with Gasteiger partial charge in [-0.1, -0.05) is 48.0 Å². The molecule has 1 atom stereocenters. The molecule has 1 aliphatic rings. The van der Waals surface area contributed by atoms with Crippen molar-refractivity contribution in [1.29, 1.82) is 0 Å². The van der Waals surface area contributed by atoms with Gasteiger partial charge >= 0.3 is 6.09 Å². The Bertz CT molecular complexity index is 865. The number of rotatable bonds is 8. The molecule has 1 aliphatic heterocycles. The number of benzene rings is 2. The lowest BCUT2D eigenvalue weighted by atomic mass is 10.1. The Hall–Kier alpha value is -2.38. The topological polar surface area (TPSA) is 72.9 Å². The highest BCUT2D eigenvalue weighted by molar-refractivity contribution is 7.86. The molecule has 2 aromatic carbocycles. The zero-order valence-corrected chi connectivity index (χ0v) is 16.0. The summed E-state index contributed by atoms with van der Waals surface area (Å²) in [7, 11) is -3.86. The fourth-order valence-electron chi connectivity index (χ4n) is 2.90. The highest BCUT2D eigenvalue weighted by Gasteiger charge is 2.32. The van der Waals surface area contributed by atoms with Gasteiger partial charge in [0.15, 0.2) is 0 Å². The molecule has 1 amide bonds. The van der Waals surface area contributed by atoms with Gasteiger partial charge in [0.1, 0.15) is 12.7 Å². The van der Waals surface area contributed by atoms with E-state index >= 15 is 0 Å². The normalized spacial score (nSPS) is 17.1. The average molecular weight is 389 g/mol. The number of carbonyl (C=O) groups is 1. The van der Waals surface area contributed by atoms with Crippen LogP contribution in [0.2, 0.25) is 0 Å². The molecular weight excluding hydrogens is 366 g/mol. The quantitative estimate of drug-likeness (QED) is 0.649. The van der Waals surface area contributed by atoms with Crippen LogP contribution in [-0.4, -0.2) is 45.2 Å². The summed E-state index contributed by atoms with van der Waals surface area (Å²) in [6, 6.07) is 16.5. The van der Waals surface area contributed by atoms with Gasteiger partial charge in [-0.3, -0.25) is 4.18 Å². The summed E-state index contributed by atoms with van der Waals surface area (Å²) in [5.41, 5.74) is 2.18. The predicted molar refractivity (Wildman–Crippen MR) is 101 cm³/mol. The summed E-state index contributed by atoms with van der Waals surface area (Å²) < 4.78 is 34.7. The maximum Gasteiger partial charge on any atom is 0.410 e. The molecule has 0 spiro atoms. The summed E-state index contributed by atoms with van der Waals surface area (Å²) in [6.45, 7) is 2.59. The molecule has 2 aromatic rings. The number of carbonyl (C=O) groups excluding carboxylic acids is 1. The van der Waals surface area contributed by atoms with Gasteiger partial charge in [0.25, 0.3) is 10.1 Å². The van der Waals surface area contributed by atoms with Crippen LogP contribution in [0, 0.1) is 6.92 Å². The first-order valence-electron chi connectivity index (χ1n) is 8.89. The second-order valence-corrected chi connectivity index (χ2v) is 8.21. The minimum absolute atomic E-state index is 0.0946. The largest absolute Gasteiger partial charge is 0.442 e. The van der Waals surface area contributed by atoms with E-state index in [1.54, 1.807) is 17.0 Å². The Morgan fingerprint density at radius 1 is 1.11 bits per heavy atom. The lowest BCUT2D eigenvalue weighted by Gasteiger charge is -2.12. The summed E-state index contributed by atoms with van der Waals surface area (Å²) >= 11 is 0. The minimum Gasteiger partial charge on any atom is -0.442 e. The van der Waals surface area contributed by atoms with Gasteiger partial charge in [0, 0.05) is 6.54 Å². The third kappa shape index (κ3) is 5.30. The molecule has 0 radical (unpaired) electrons. The third-order valence-corrected chi connectivity index (χ3v) is 5.70. The SMILES string of the molecule is Cc1ccc(S(=O)(=O)OCC2CN(CCCc3ccccc3)C(=O)O2)cc1. The van der Waals surface area contributed by atoms with E-state index in [0.29, 0.717) is 13.1 Å². The lowest BCUT2D eigenvalue weighted by molar-refractivity contribution is 0.104. The van der Waals surface area contributed by atoms with Gasteiger partial charge in [0.2, 0.25) is 0 Å². The number of hydrogen-bond acceptors (Lipinski definition) is 5. The van der Waals surface area contributed by atoms with Crippen LogP contribution in [-0.2, 0) is 25.5 Å². The summed E-state index contributed by atoms with van der Waals surface area (Å²) in [5, 5.41) is 0. The Morgan fingerprint density at radius 3 is 2.52 bits per heavy atom. The summed E-state index contributed by atoms with van der Waals surface area (Å²) in [6.07, 6.45) is 0.668. The van der Waals surface area contributed by atoms with Crippen molar-refractivity contribution in [3.05, 3.63) is 65.7 Å². The molecule has 1 fully saturated rings. The van der Waals surface area contributed by atoms with Crippen LogP contribution in [0.1, 0.15) is 17.5 Å². The fraction of sp³-hybridized carbons (Fsp3) is 0.350. The van der Waals surface area contributed by atoms with Crippen LogP contribution in [0.15, 0.2) is 59.5 Å². The molecule has 3 rings (SSSR count). The molecule has 6 nitrogen and oxygen atoms in total. The highest BCUT2D eigenvalue weighted by Crippen LogP contribution is 2.17. The Morgan fingerprint density at radius 2 is 1.81 bits per heavy atom. The Labute approximate surface area is 159 Å². The minimum atomic E-state index is -3.86. The molecule has 0 N–H and O–H groups in total. The number of nitrogens with zero attached hydrogens (tertiary/aromatic N) is 1. The maximum absolute atomic E-state index is 12.2. The molecule has 0 aromatic heterocycles. The smallest absolute Gasteiger partial charge is 0.410 e. The van der Waals surface area contributed by atoms with Crippen LogP contribution in [0.4, 0.5) is 4.79 Å². The first kappa shape index (κ1) is 19.4. The molecule has 1 unspecified atom stereocenters. The van der Waals surface area contributed by atoms with Crippen molar-refractivity contribution in [2.75, 3.05) is 19.7 Å². The zero-order valence-electron chi connectivity index (χ0n) is 15.2. The first-order chi connectivity index (χ1) is 12.9. The van der Waals surface area contributed by atoms with Crippen LogP contribution < -0.4 is 0 Å². The van der Waals surface area contributed by atoms with E-state index in [1.807, 2.05) is 25.1 Å². The molecule has 0 bridgehead atoms. The van der Waals surface area contributed by atoms with E-state index in [4.69, 9.17) is 8.92 Å². The standard InChI is InChI=1S/C20H23NO5S/c1-16-9-11-19(12-10-16)27(23,24)25-15-18-14-21(20(22)26-18)13-5-8-17-6-3-2-4-7-17/h2-4,6-7,9-12,18H,5,8,13-15H2,1H3. The second kappa shape index (κ2) is 8.54. The summed E-state index contributed by atoms with van der Waals surface area (Å²) in [4.78, 5) is 13.6. The van der Waals surface area contributed by atoms with Crippen LogP contribution in [0.5, 0.6) is 0 Å². The van der Waals surface area contributed by atoms with Crippen molar-refractivity contribution >= 4 is 16.2 Å². The van der Waals surface area contributed by atoms with Crippen LogP contribution >= 0.6 is 0 Å². The van der Waals surface area contributed by atoms with Crippen molar-refractivity contribution in [3.63, 3.8) is 0 Å². The molecule has 27 heavy (non-hydrogen) atoms. The molecular formula is C20H23NO5S. The summed E-state index contributed by atoms with van der Waals surface area (Å²) in [5.74, 6) is 0.